The summed E-state index contributed by atoms with van der Waals surface area (Å²) in [4.78, 5) is 4.99. The van der Waals surface area contributed by atoms with Gasteiger partial charge in [-0.2, -0.15) is 0 Å². The van der Waals surface area contributed by atoms with Crippen LogP contribution in [0.5, 0.6) is 0 Å². The van der Waals surface area contributed by atoms with Crippen LogP contribution in [-0.4, -0.2) is 49.7 Å². The van der Waals surface area contributed by atoms with Gasteiger partial charge in [-0.15, -0.1) is 0 Å². The Hall–Kier alpha value is -1.13. The van der Waals surface area contributed by atoms with E-state index in [1.165, 1.54) is 25.9 Å². The van der Waals surface area contributed by atoms with E-state index in [-0.39, 0.29) is 5.82 Å². The second-order valence-electron chi connectivity index (χ2n) is 7.12. The maximum atomic E-state index is 13.9. The normalized spacial score (nSPS) is 30.5. The van der Waals surface area contributed by atoms with Crippen molar-refractivity contribution in [2.24, 2.45) is 5.92 Å². The number of halogens is 1. The Morgan fingerprint density at radius 2 is 1.77 bits per heavy atom. The molecule has 4 aliphatic heterocycles. The van der Waals surface area contributed by atoms with E-state index in [9.17, 15) is 4.39 Å². The number of nitrogens with zero attached hydrogens (tertiary/aromatic N) is 2. The number of para-hydroxylation sites is 1. The van der Waals surface area contributed by atoms with Crippen molar-refractivity contribution in [3.05, 3.63) is 30.1 Å². The van der Waals surface area contributed by atoms with Crippen LogP contribution < -0.4 is 10.2 Å². The standard InChI is InChI=1S/C18H26FN3/c19-17-3-1-2-4-18(17)21-9-7-15(8-10-21)22-13-14-5-6-16(22)12-20-11-14/h1-4,14-16,20H,5-13H2/t14-,16+/m1/s1. The Bertz CT molecular complexity index is 509. The number of fused-ring (bicyclic) bond motifs is 4. The van der Waals surface area contributed by atoms with Crippen LogP contribution in [0.15, 0.2) is 24.3 Å². The molecule has 120 valence electrons. The highest BCUT2D eigenvalue weighted by atomic mass is 19.1. The van der Waals surface area contributed by atoms with Gasteiger partial charge in [-0.3, -0.25) is 4.90 Å². The molecule has 0 unspecified atom stereocenters. The third kappa shape index (κ3) is 2.74. The second-order valence-corrected chi connectivity index (χ2v) is 7.12. The van der Waals surface area contributed by atoms with Crippen LogP contribution in [0.4, 0.5) is 10.1 Å². The minimum Gasteiger partial charge on any atom is -0.369 e. The molecule has 2 atom stereocenters. The Balaban J connectivity index is 1.41. The van der Waals surface area contributed by atoms with E-state index in [1.807, 2.05) is 12.1 Å². The molecule has 1 N–H and O–H groups in total. The fourth-order valence-corrected chi connectivity index (χ4v) is 4.57. The van der Waals surface area contributed by atoms with Gasteiger partial charge in [0.1, 0.15) is 5.82 Å². The Morgan fingerprint density at radius 3 is 2.59 bits per heavy atom. The summed E-state index contributed by atoms with van der Waals surface area (Å²) in [6, 6.07) is 8.60. The summed E-state index contributed by atoms with van der Waals surface area (Å²) in [7, 11) is 0. The molecule has 2 bridgehead atoms. The molecule has 0 spiro atoms. The predicted octanol–water partition coefficient (Wildman–Crippen LogP) is 2.48. The minimum atomic E-state index is -0.0843. The topological polar surface area (TPSA) is 18.5 Å². The largest absolute Gasteiger partial charge is 0.369 e. The van der Waals surface area contributed by atoms with Gasteiger partial charge in [0.2, 0.25) is 0 Å². The SMILES string of the molecule is Fc1ccccc1N1CCC(N2C[C@@H]3CC[C@H]2CNC3)CC1. The first-order valence-corrected chi connectivity index (χ1v) is 8.77. The van der Waals surface area contributed by atoms with E-state index < -0.39 is 0 Å². The zero-order chi connectivity index (χ0) is 14.9. The van der Waals surface area contributed by atoms with Crippen molar-refractivity contribution in [1.29, 1.82) is 0 Å². The molecule has 1 aromatic carbocycles. The van der Waals surface area contributed by atoms with Crippen molar-refractivity contribution in [2.75, 3.05) is 37.6 Å². The van der Waals surface area contributed by atoms with Crippen LogP contribution >= 0.6 is 0 Å². The average Bonchev–Trinajstić information content (AvgIpc) is 2.91. The first kappa shape index (κ1) is 14.5. The van der Waals surface area contributed by atoms with Crippen LogP contribution in [0.3, 0.4) is 0 Å². The molecule has 4 aliphatic rings. The third-order valence-electron chi connectivity index (χ3n) is 5.79. The number of hydrogen-bond acceptors (Lipinski definition) is 3. The molecule has 4 heteroatoms. The van der Waals surface area contributed by atoms with E-state index in [1.54, 1.807) is 12.1 Å². The summed E-state index contributed by atoms with van der Waals surface area (Å²) in [6.07, 6.45) is 5.07. The van der Waals surface area contributed by atoms with Gasteiger partial charge in [0.05, 0.1) is 5.69 Å². The Morgan fingerprint density at radius 1 is 0.955 bits per heavy atom. The van der Waals surface area contributed by atoms with Crippen molar-refractivity contribution in [3.8, 4) is 0 Å². The minimum absolute atomic E-state index is 0.0843. The lowest BCUT2D eigenvalue weighted by Gasteiger charge is -2.45. The molecule has 4 saturated heterocycles. The maximum Gasteiger partial charge on any atom is 0.146 e. The fourth-order valence-electron chi connectivity index (χ4n) is 4.57. The first-order chi connectivity index (χ1) is 10.8. The Labute approximate surface area is 132 Å². The van der Waals surface area contributed by atoms with Crippen LogP contribution in [0.25, 0.3) is 0 Å². The molecule has 0 saturated carbocycles. The van der Waals surface area contributed by atoms with Crippen LogP contribution in [0, 0.1) is 11.7 Å². The molecular weight excluding hydrogens is 277 g/mol. The van der Waals surface area contributed by atoms with E-state index in [0.29, 0.717) is 6.04 Å². The summed E-state index contributed by atoms with van der Waals surface area (Å²) >= 11 is 0. The van der Waals surface area contributed by atoms with Gasteiger partial charge in [-0.1, -0.05) is 12.1 Å². The van der Waals surface area contributed by atoms with E-state index in [2.05, 4.69) is 15.1 Å². The summed E-state index contributed by atoms with van der Waals surface area (Å²) in [5.41, 5.74) is 0.778. The van der Waals surface area contributed by atoms with Crippen LogP contribution in [0.1, 0.15) is 25.7 Å². The lowest BCUT2D eigenvalue weighted by atomic mass is 9.91. The lowest BCUT2D eigenvalue weighted by molar-refractivity contribution is 0.0708. The molecule has 0 aliphatic carbocycles. The summed E-state index contributed by atoms with van der Waals surface area (Å²) in [6.45, 7) is 5.58. The van der Waals surface area contributed by atoms with Crippen molar-refractivity contribution >= 4 is 5.69 Å². The number of anilines is 1. The highest BCUT2D eigenvalue weighted by Gasteiger charge is 2.36. The molecule has 3 nitrogen and oxygen atoms in total. The molecule has 22 heavy (non-hydrogen) atoms. The number of hydrogen-bond donors (Lipinski definition) is 1. The summed E-state index contributed by atoms with van der Waals surface area (Å²) in [5, 5.41) is 3.62. The number of benzene rings is 1. The smallest absolute Gasteiger partial charge is 0.146 e. The quantitative estimate of drug-likeness (QED) is 0.905. The summed E-state index contributed by atoms with van der Waals surface area (Å²) < 4.78 is 13.9. The van der Waals surface area contributed by atoms with Crippen molar-refractivity contribution in [2.45, 2.75) is 37.8 Å². The molecule has 4 fully saturated rings. The molecule has 0 radical (unpaired) electrons. The van der Waals surface area contributed by atoms with E-state index in [4.69, 9.17) is 0 Å². The van der Waals surface area contributed by atoms with Gasteiger partial charge in [0, 0.05) is 38.3 Å². The zero-order valence-corrected chi connectivity index (χ0v) is 13.2. The monoisotopic (exact) mass is 303 g/mol. The van der Waals surface area contributed by atoms with E-state index >= 15 is 0 Å². The molecule has 0 aromatic heterocycles. The van der Waals surface area contributed by atoms with Crippen molar-refractivity contribution < 1.29 is 4.39 Å². The molecular formula is C18H26FN3. The van der Waals surface area contributed by atoms with Crippen LogP contribution in [0.2, 0.25) is 0 Å². The van der Waals surface area contributed by atoms with Crippen LogP contribution in [-0.2, 0) is 0 Å². The lowest BCUT2D eigenvalue weighted by Crippen LogP contribution is -2.53. The fraction of sp³-hybridized carbons (Fsp3) is 0.667. The van der Waals surface area contributed by atoms with Crippen molar-refractivity contribution in [3.63, 3.8) is 0 Å². The maximum absolute atomic E-state index is 13.9. The molecule has 1 aromatic rings. The first-order valence-electron chi connectivity index (χ1n) is 8.77. The predicted molar refractivity (Wildman–Crippen MR) is 87.7 cm³/mol. The average molecular weight is 303 g/mol. The third-order valence-corrected chi connectivity index (χ3v) is 5.79. The molecule has 4 heterocycles. The van der Waals surface area contributed by atoms with Crippen molar-refractivity contribution in [1.82, 2.24) is 10.2 Å². The van der Waals surface area contributed by atoms with E-state index in [0.717, 1.165) is 50.1 Å². The number of nitrogens with one attached hydrogen (secondary N) is 1. The highest BCUT2D eigenvalue weighted by Crippen LogP contribution is 2.31. The second kappa shape index (κ2) is 6.17. The summed E-state index contributed by atoms with van der Waals surface area (Å²) in [5.74, 6) is 0.752. The molecule has 5 rings (SSSR count). The van der Waals surface area contributed by atoms with Gasteiger partial charge in [0.25, 0.3) is 0 Å². The molecule has 0 amide bonds. The van der Waals surface area contributed by atoms with Gasteiger partial charge >= 0.3 is 0 Å². The van der Waals surface area contributed by atoms with Gasteiger partial charge in [-0.25, -0.2) is 4.39 Å². The number of rotatable bonds is 2. The Kier molecular flexibility index (Phi) is 4.05. The number of piperidine rings is 2. The highest BCUT2D eigenvalue weighted by molar-refractivity contribution is 5.47. The van der Waals surface area contributed by atoms with Gasteiger partial charge < -0.3 is 10.2 Å². The zero-order valence-electron chi connectivity index (χ0n) is 13.2. The van der Waals surface area contributed by atoms with Gasteiger partial charge in [0.15, 0.2) is 0 Å². The van der Waals surface area contributed by atoms with Gasteiger partial charge in [-0.05, 0) is 50.3 Å².